The highest BCUT2D eigenvalue weighted by molar-refractivity contribution is 6.30. The molecule has 42 heavy (non-hydrogen) atoms. The lowest BCUT2D eigenvalue weighted by Crippen LogP contribution is -2.51. The summed E-state index contributed by atoms with van der Waals surface area (Å²) in [6.07, 6.45) is 4.16. The van der Waals surface area contributed by atoms with Crippen LogP contribution in [0.4, 0.5) is 0 Å². The van der Waals surface area contributed by atoms with Crippen molar-refractivity contribution < 1.29 is 4.79 Å². The van der Waals surface area contributed by atoms with Crippen molar-refractivity contribution in [1.82, 2.24) is 19.6 Å². The zero-order valence-corrected chi connectivity index (χ0v) is 24.9. The summed E-state index contributed by atoms with van der Waals surface area (Å²) in [4.78, 5) is 22.3. The van der Waals surface area contributed by atoms with Crippen molar-refractivity contribution in [1.29, 1.82) is 0 Å². The molecule has 0 aliphatic carbocycles. The Bertz CT molecular complexity index is 1400. The molecule has 214 valence electrons. The molecule has 1 saturated heterocycles. The molecule has 1 amide bonds. The Hall–Kier alpha value is -3.77. The molecular formula is C35H34Cl2N4O. The van der Waals surface area contributed by atoms with Gasteiger partial charge in [-0.2, -0.15) is 0 Å². The van der Waals surface area contributed by atoms with Gasteiger partial charge in [0.05, 0.1) is 25.3 Å². The smallest absolute Gasteiger partial charge is 0.242 e. The Balaban J connectivity index is 1.09. The first kappa shape index (κ1) is 28.4. The Morgan fingerprint density at radius 3 is 1.57 bits per heavy atom. The summed E-state index contributed by atoms with van der Waals surface area (Å²) >= 11 is 12.4. The van der Waals surface area contributed by atoms with Gasteiger partial charge in [-0.15, -0.1) is 0 Å². The van der Waals surface area contributed by atoms with E-state index in [1.807, 2.05) is 47.5 Å². The Morgan fingerprint density at radius 2 is 1.07 bits per heavy atom. The molecule has 0 N–H and O–H groups in total. The number of piperazine rings is 1. The minimum absolute atomic E-state index is 0.0692. The van der Waals surface area contributed by atoms with Gasteiger partial charge in [-0.25, -0.2) is 0 Å². The molecule has 0 unspecified atom stereocenters. The summed E-state index contributed by atoms with van der Waals surface area (Å²) in [6.45, 7) is 3.97. The number of carbonyl (C=O) groups excluding carboxylic acids is 1. The lowest BCUT2D eigenvalue weighted by atomic mass is 9.96. The number of benzene rings is 4. The van der Waals surface area contributed by atoms with Crippen LogP contribution in [0.5, 0.6) is 0 Å². The first-order valence-electron chi connectivity index (χ1n) is 14.4. The molecule has 2 aliphatic rings. The molecule has 4 aromatic carbocycles. The highest BCUT2D eigenvalue weighted by Crippen LogP contribution is 2.33. The summed E-state index contributed by atoms with van der Waals surface area (Å²) < 4.78 is 0. The normalized spacial score (nSPS) is 15.7. The number of halogens is 2. The molecule has 0 radical (unpaired) electrons. The van der Waals surface area contributed by atoms with Crippen LogP contribution < -0.4 is 0 Å². The molecule has 0 spiro atoms. The summed E-state index contributed by atoms with van der Waals surface area (Å²) in [5, 5.41) is 1.44. The largest absolute Gasteiger partial charge is 0.349 e. The number of nitrogens with zero attached hydrogens (tertiary/aromatic N) is 4. The molecule has 0 aromatic heterocycles. The first-order valence-corrected chi connectivity index (χ1v) is 15.1. The van der Waals surface area contributed by atoms with E-state index in [9.17, 15) is 4.79 Å². The SMILES string of the molecule is O=C(CN1C=CN(C(c2ccccc2)c2ccccc2)C1)N1CCN(C(c2ccc(Cl)cc2)c2ccc(Cl)cc2)CC1. The highest BCUT2D eigenvalue weighted by atomic mass is 35.5. The predicted octanol–water partition coefficient (Wildman–Crippen LogP) is 7.06. The molecule has 0 atom stereocenters. The number of hydrogen-bond acceptors (Lipinski definition) is 4. The van der Waals surface area contributed by atoms with Crippen molar-refractivity contribution in [3.8, 4) is 0 Å². The van der Waals surface area contributed by atoms with Crippen molar-refractivity contribution in [3.05, 3.63) is 154 Å². The summed E-state index contributed by atoms with van der Waals surface area (Å²) in [7, 11) is 0. The fourth-order valence-corrected chi connectivity index (χ4v) is 6.26. The van der Waals surface area contributed by atoms with Gasteiger partial charge in [0, 0.05) is 48.6 Å². The second kappa shape index (κ2) is 13.0. The molecule has 0 saturated carbocycles. The van der Waals surface area contributed by atoms with Gasteiger partial charge in [0.25, 0.3) is 0 Å². The molecule has 5 nitrogen and oxygen atoms in total. The Kier molecular flexibility index (Phi) is 8.80. The second-order valence-electron chi connectivity index (χ2n) is 10.8. The lowest BCUT2D eigenvalue weighted by Gasteiger charge is -2.40. The van der Waals surface area contributed by atoms with Gasteiger partial charge in [0.15, 0.2) is 0 Å². The van der Waals surface area contributed by atoms with E-state index >= 15 is 0 Å². The number of hydrogen-bond donors (Lipinski definition) is 0. The van der Waals surface area contributed by atoms with Crippen LogP contribution >= 0.6 is 23.2 Å². The van der Waals surface area contributed by atoms with Crippen LogP contribution in [0.2, 0.25) is 10.0 Å². The van der Waals surface area contributed by atoms with Crippen molar-refractivity contribution >= 4 is 29.1 Å². The average Bonchev–Trinajstić information content (AvgIpc) is 3.48. The van der Waals surface area contributed by atoms with Crippen LogP contribution in [0, 0.1) is 0 Å². The van der Waals surface area contributed by atoms with E-state index in [1.165, 1.54) is 22.3 Å². The van der Waals surface area contributed by atoms with E-state index < -0.39 is 0 Å². The topological polar surface area (TPSA) is 30.0 Å². The van der Waals surface area contributed by atoms with Crippen LogP contribution in [0.25, 0.3) is 0 Å². The maximum atomic E-state index is 13.4. The lowest BCUT2D eigenvalue weighted by molar-refractivity contribution is -0.134. The number of carbonyl (C=O) groups is 1. The third-order valence-electron chi connectivity index (χ3n) is 8.12. The van der Waals surface area contributed by atoms with Gasteiger partial charge in [-0.05, 0) is 46.5 Å². The van der Waals surface area contributed by atoms with Gasteiger partial charge in [-0.1, -0.05) is 108 Å². The maximum absolute atomic E-state index is 13.4. The summed E-state index contributed by atoms with van der Waals surface area (Å²) in [6, 6.07) is 37.3. The third kappa shape index (κ3) is 6.49. The van der Waals surface area contributed by atoms with Gasteiger partial charge >= 0.3 is 0 Å². The Labute approximate surface area is 258 Å². The van der Waals surface area contributed by atoms with Crippen molar-refractivity contribution in [3.63, 3.8) is 0 Å². The fourth-order valence-electron chi connectivity index (χ4n) is 6.01. The highest BCUT2D eigenvalue weighted by Gasteiger charge is 2.30. The van der Waals surface area contributed by atoms with E-state index in [2.05, 4.69) is 93.7 Å². The third-order valence-corrected chi connectivity index (χ3v) is 8.62. The standard InChI is InChI=1S/C35H34Cl2N4O/c36-31-15-11-29(12-16-31)34(30-13-17-32(37)18-14-30)40-23-21-39(22-24-40)33(42)25-38-19-20-41(26-38)35(27-7-3-1-4-8-27)28-9-5-2-6-10-28/h1-20,34-35H,21-26H2. The average molecular weight is 598 g/mol. The van der Waals surface area contributed by atoms with E-state index in [-0.39, 0.29) is 18.0 Å². The van der Waals surface area contributed by atoms with Gasteiger partial charge in [0.1, 0.15) is 0 Å². The fraction of sp³-hybridized carbons (Fsp3) is 0.229. The predicted molar refractivity (Wildman–Crippen MR) is 170 cm³/mol. The zero-order valence-electron chi connectivity index (χ0n) is 23.4. The van der Waals surface area contributed by atoms with E-state index in [1.54, 1.807) is 0 Å². The van der Waals surface area contributed by atoms with Crippen LogP contribution in [-0.4, -0.2) is 64.9 Å². The zero-order chi connectivity index (χ0) is 28.9. The van der Waals surface area contributed by atoms with Gasteiger partial charge < -0.3 is 14.7 Å². The van der Waals surface area contributed by atoms with E-state index in [0.717, 1.165) is 23.1 Å². The van der Waals surface area contributed by atoms with E-state index in [0.29, 0.717) is 26.3 Å². The number of rotatable bonds is 8. The van der Waals surface area contributed by atoms with Crippen molar-refractivity contribution in [2.45, 2.75) is 12.1 Å². The van der Waals surface area contributed by atoms with E-state index in [4.69, 9.17) is 23.2 Å². The molecular weight excluding hydrogens is 563 g/mol. The molecule has 1 fully saturated rings. The molecule has 4 aromatic rings. The molecule has 2 heterocycles. The van der Waals surface area contributed by atoms with Crippen LogP contribution in [0.1, 0.15) is 34.3 Å². The molecule has 7 heteroatoms. The van der Waals surface area contributed by atoms with Crippen LogP contribution in [-0.2, 0) is 4.79 Å². The van der Waals surface area contributed by atoms with Crippen LogP contribution in [0.15, 0.2) is 122 Å². The molecule has 6 rings (SSSR count). The van der Waals surface area contributed by atoms with Crippen molar-refractivity contribution in [2.24, 2.45) is 0 Å². The van der Waals surface area contributed by atoms with Gasteiger partial charge in [-0.3, -0.25) is 9.69 Å². The van der Waals surface area contributed by atoms with Crippen molar-refractivity contribution in [2.75, 3.05) is 39.4 Å². The monoisotopic (exact) mass is 596 g/mol. The number of amides is 1. The quantitative estimate of drug-likeness (QED) is 0.218. The molecule has 0 bridgehead atoms. The summed E-state index contributed by atoms with van der Waals surface area (Å²) in [5.41, 5.74) is 4.81. The maximum Gasteiger partial charge on any atom is 0.242 e. The Morgan fingerprint density at radius 1 is 0.595 bits per heavy atom. The minimum Gasteiger partial charge on any atom is -0.349 e. The summed E-state index contributed by atoms with van der Waals surface area (Å²) in [5.74, 6) is 0.159. The second-order valence-corrected chi connectivity index (χ2v) is 11.7. The first-order chi connectivity index (χ1) is 20.5. The minimum atomic E-state index is 0.0692. The van der Waals surface area contributed by atoms with Crippen LogP contribution in [0.3, 0.4) is 0 Å². The molecule has 2 aliphatic heterocycles. The van der Waals surface area contributed by atoms with Gasteiger partial charge in [0.2, 0.25) is 5.91 Å².